The van der Waals surface area contributed by atoms with E-state index in [1.807, 2.05) is 34.0 Å². The average Bonchev–Trinajstić information content (AvgIpc) is 2.67. The van der Waals surface area contributed by atoms with Crippen LogP contribution in [0.2, 0.25) is 10.0 Å². The largest absolute Gasteiger partial charge is 0.454 e. The summed E-state index contributed by atoms with van der Waals surface area (Å²) in [6.07, 6.45) is 2.27. The van der Waals surface area contributed by atoms with E-state index >= 15 is 0 Å². The summed E-state index contributed by atoms with van der Waals surface area (Å²) in [5, 5.41) is 3.26. The maximum Gasteiger partial charge on any atom is 0.329 e. The summed E-state index contributed by atoms with van der Waals surface area (Å²) in [4.78, 5) is 39.6. The molecule has 1 aromatic rings. The Labute approximate surface area is 199 Å². The molecule has 1 atom stereocenters. The first kappa shape index (κ1) is 27.6. The minimum absolute atomic E-state index is 0.190. The summed E-state index contributed by atoms with van der Waals surface area (Å²) in [5.41, 5.74) is 0.212. The van der Waals surface area contributed by atoms with Crippen LogP contribution in [-0.4, -0.2) is 60.4 Å². The van der Waals surface area contributed by atoms with Crippen LogP contribution < -0.4 is 5.32 Å². The van der Waals surface area contributed by atoms with Gasteiger partial charge in [0.2, 0.25) is 0 Å². The van der Waals surface area contributed by atoms with E-state index in [-0.39, 0.29) is 23.1 Å². The van der Waals surface area contributed by atoms with Crippen LogP contribution in [0.5, 0.6) is 0 Å². The van der Waals surface area contributed by atoms with E-state index in [1.54, 1.807) is 22.7 Å². The molecular weight excluding hydrogens is 459 g/mol. The molecule has 0 aliphatic rings. The first-order valence-electron chi connectivity index (χ1n) is 10.2. The van der Waals surface area contributed by atoms with Crippen molar-refractivity contribution in [3.05, 3.63) is 33.8 Å². The molecule has 2 amide bonds. The smallest absolute Gasteiger partial charge is 0.329 e. The van der Waals surface area contributed by atoms with Crippen LogP contribution in [0.4, 0.5) is 0 Å². The maximum atomic E-state index is 12.7. The second-order valence-electron chi connectivity index (χ2n) is 8.13. The molecule has 0 aliphatic heterocycles. The van der Waals surface area contributed by atoms with Gasteiger partial charge in [0.15, 0.2) is 6.61 Å². The number of halogens is 2. The highest BCUT2D eigenvalue weighted by molar-refractivity contribution is 7.98. The highest BCUT2D eigenvalue weighted by Crippen LogP contribution is 2.21. The van der Waals surface area contributed by atoms with Gasteiger partial charge in [-0.15, -0.1) is 0 Å². The van der Waals surface area contributed by atoms with Crippen molar-refractivity contribution in [2.45, 2.75) is 40.2 Å². The Hall–Kier alpha value is -1.44. The zero-order chi connectivity index (χ0) is 23.6. The van der Waals surface area contributed by atoms with Crippen molar-refractivity contribution in [1.29, 1.82) is 0 Å². The standard InChI is InChI=1S/C22H32Cl2N2O4S/c1-14(2)11-26(12-15(3)4)20(27)13-30-22(29)19(8-9-31-5)25-21(28)17-7-6-16(23)10-18(17)24/h6-7,10,14-15,19H,8-9,11-13H2,1-5H3,(H,25,28). The molecule has 0 bridgehead atoms. The van der Waals surface area contributed by atoms with Crippen molar-refractivity contribution in [1.82, 2.24) is 10.2 Å². The summed E-state index contributed by atoms with van der Waals surface area (Å²) in [5.74, 6) is -0.152. The molecule has 6 nitrogen and oxygen atoms in total. The maximum absolute atomic E-state index is 12.7. The van der Waals surface area contributed by atoms with Crippen LogP contribution in [0.3, 0.4) is 0 Å². The van der Waals surface area contributed by atoms with Crippen molar-refractivity contribution in [3.63, 3.8) is 0 Å². The Bertz CT molecular complexity index is 749. The number of amides is 2. The van der Waals surface area contributed by atoms with Gasteiger partial charge in [-0.05, 0) is 48.5 Å². The summed E-state index contributed by atoms with van der Waals surface area (Å²) >= 11 is 13.5. The van der Waals surface area contributed by atoms with Gasteiger partial charge < -0.3 is 15.0 Å². The van der Waals surface area contributed by atoms with Crippen LogP contribution in [0.1, 0.15) is 44.5 Å². The molecule has 1 N–H and O–H groups in total. The molecule has 0 saturated carbocycles. The molecule has 1 rings (SSSR count). The minimum atomic E-state index is -0.886. The number of thioether (sulfide) groups is 1. The molecule has 9 heteroatoms. The van der Waals surface area contributed by atoms with E-state index in [9.17, 15) is 14.4 Å². The monoisotopic (exact) mass is 490 g/mol. The third-order valence-corrected chi connectivity index (χ3v) is 5.43. The lowest BCUT2D eigenvalue weighted by molar-refractivity contribution is -0.154. The van der Waals surface area contributed by atoms with Gasteiger partial charge >= 0.3 is 5.97 Å². The van der Waals surface area contributed by atoms with Crippen LogP contribution in [0.15, 0.2) is 18.2 Å². The summed E-state index contributed by atoms with van der Waals surface area (Å²) < 4.78 is 5.29. The number of carbonyl (C=O) groups excluding carboxylic acids is 3. The van der Waals surface area contributed by atoms with E-state index in [2.05, 4.69) is 5.32 Å². The van der Waals surface area contributed by atoms with Crippen molar-refractivity contribution in [2.75, 3.05) is 31.7 Å². The summed E-state index contributed by atoms with van der Waals surface area (Å²) in [7, 11) is 0. The first-order valence-corrected chi connectivity index (χ1v) is 12.4. The number of ether oxygens (including phenoxy) is 1. The number of hydrogen-bond donors (Lipinski definition) is 1. The van der Waals surface area contributed by atoms with Gasteiger partial charge in [0.1, 0.15) is 6.04 Å². The Morgan fingerprint density at radius 1 is 1.10 bits per heavy atom. The first-order chi connectivity index (χ1) is 14.5. The molecule has 1 unspecified atom stereocenters. The fourth-order valence-corrected chi connectivity index (χ4v) is 3.84. The number of hydrogen-bond acceptors (Lipinski definition) is 5. The highest BCUT2D eigenvalue weighted by Gasteiger charge is 2.25. The second-order valence-corrected chi connectivity index (χ2v) is 9.96. The lowest BCUT2D eigenvalue weighted by Gasteiger charge is -2.26. The molecule has 0 aromatic heterocycles. The average molecular weight is 491 g/mol. The van der Waals surface area contributed by atoms with Gasteiger partial charge in [-0.25, -0.2) is 4.79 Å². The van der Waals surface area contributed by atoms with Gasteiger partial charge in [-0.1, -0.05) is 50.9 Å². The fourth-order valence-electron chi connectivity index (χ4n) is 2.88. The van der Waals surface area contributed by atoms with Gasteiger partial charge in [0.05, 0.1) is 10.6 Å². The molecule has 174 valence electrons. The van der Waals surface area contributed by atoms with Crippen LogP contribution in [-0.2, 0) is 14.3 Å². The normalized spacial score (nSPS) is 12.0. The Balaban J connectivity index is 2.80. The van der Waals surface area contributed by atoms with E-state index in [1.165, 1.54) is 12.1 Å². The van der Waals surface area contributed by atoms with Crippen LogP contribution in [0, 0.1) is 11.8 Å². The van der Waals surface area contributed by atoms with Crippen LogP contribution in [0.25, 0.3) is 0 Å². The molecule has 0 radical (unpaired) electrons. The number of nitrogens with one attached hydrogen (secondary N) is 1. The zero-order valence-electron chi connectivity index (χ0n) is 18.7. The third-order valence-electron chi connectivity index (χ3n) is 4.24. The molecule has 0 heterocycles. The molecule has 1 aromatic carbocycles. The molecule has 0 spiro atoms. The molecular formula is C22H32Cl2N2O4S. The Morgan fingerprint density at radius 3 is 2.23 bits per heavy atom. The number of benzene rings is 1. The topological polar surface area (TPSA) is 75.7 Å². The molecule has 0 fully saturated rings. The number of esters is 1. The SMILES string of the molecule is CSCCC(NC(=O)c1ccc(Cl)cc1Cl)C(=O)OCC(=O)N(CC(C)C)CC(C)C. The third kappa shape index (κ3) is 10.1. The van der Waals surface area contributed by atoms with E-state index in [0.717, 1.165) is 0 Å². The minimum Gasteiger partial charge on any atom is -0.454 e. The molecule has 0 saturated heterocycles. The molecule has 0 aliphatic carbocycles. The van der Waals surface area contributed by atoms with Crippen molar-refractivity contribution >= 4 is 52.7 Å². The van der Waals surface area contributed by atoms with E-state index in [0.29, 0.717) is 42.1 Å². The van der Waals surface area contributed by atoms with Crippen molar-refractivity contribution in [2.24, 2.45) is 11.8 Å². The number of carbonyl (C=O) groups is 3. The lowest BCUT2D eigenvalue weighted by atomic mass is 10.1. The fraction of sp³-hybridized carbons (Fsp3) is 0.591. The molecule has 31 heavy (non-hydrogen) atoms. The quantitative estimate of drug-likeness (QED) is 0.435. The van der Waals surface area contributed by atoms with Gasteiger partial charge in [-0.2, -0.15) is 11.8 Å². The summed E-state index contributed by atoms with van der Waals surface area (Å²) in [6.45, 7) is 8.95. The Morgan fingerprint density at radius 2 is 1.71 bits per heavy atom. The lowest BCUT2D eigenvalue weighted by Crippen LogP contribution is -2.44. The second kappa shape index (κ2) is 13.9. The van der Waals surface area contributed by atoms with Gasteiger partial charge in [0.25, 0.3) is 11.8 Å². The zero-order valence-corrected chi connectivity index (χ0v) is 21.1. The number of nitrogens with zero attached hydrogens (tertiary/aromatic N) is 1. The Kier molecular flexibility index (Phi) is 12.3. The van der Waals surface area contributed by atoms with E-state index < -0.39 is 17.9 Å². The number of rotatable bonds is 12. The van der Waals surface area contributed by atoms with E-state index in [4.69, 9.17) is 27.9 Å². The van der Waals surface area contributed by atoms with Gasteiger partial charge in [0, 0.05) is 18.1 Å². The highest BCUT2D eigenvalue weighted by atomic mass is 35.5. The van der Waals surface area contributed by atoms with Crippen molar-refractivity contribution < 1.29 is 19.1 Å². The van der Waals surface area contributed by atoms with Gasteiger partial charge in [-0.3, -0.25) is 9.59 Å². The predicted molar refractivity (Wildman–Crippen MR) is 128 cm³/mol. The van der Waals surface area contributed by atoms with Crippen molar-refractivity contribution in [3.8, 4) is 0 Å². The predicted octanol–water partition coefficient (Wildman–Crippen LogP) is 4.53. The summed E-state index contributed by atoms with van der Waals surface area (Å²) in [6, 6.07) is 3.62. The van der Waals surface area contributed by atoms with Crippen LogP contribution >= 0.6 is 35.0 Å².